The van der Waals surface area contributed by atoms with Crippen molar-refractivity contribution in [2.75, 3.05) is 7.11 Å². The number of methoxy groups -OCH3 is 1. The van der Waals surface area contributed by atoms with Crippen LogP contribution in [0, 0.1) is 0 Å². The van der Waals surface area contributed by atoms with Crippen molar-refractivity contribution in [3.05, 3.63) is 64.2 Å². The fraction of sp³-hybridized carbons (Fsp3) is 0.176. The first-order valence-electron chi connectivity index (χ1n) is 7.49. The first-order chi connectivity index (χ1) is 12.1. The van der Waals surface area contributed by atoms with Crippen molar-refractivity contribution >= 4 is 5.91 Å². The van der Waals surface area contributed by atoms with Gasteiger partial charge in [0.25, 0.3) is 11.5 Å². The Bertz CT molecular complexity index is 961. The summed E-state index contributed by atoms with van der Waals surface area (Å²) in [6.07, 6.45) is 0. The maximum absolute atomic E-state index is 12.1. The highest BCUT2D eigenvalue weighted by Crippen LogP contribution is 2.24. The fourth-order valence-corrected chi connectivity index (χ4v) is 2.19. The Kier molecular flexibility index (Phi) is 4.60. The molecule has 0 aliphatic heterocycles. The molecule has 2 heterocycles. The summed E-state index contributed by atoms with van der Waals surface area (Å²) in [5, 5.41) is 10.5. The van der Waals surface area contributed by atoms with Gasteiger partial charge in [-0.05, 0) is 18.2 Å². The molecule has 2 aromatic heterocycles. The largest absolute Gasteiger partial charge is 0.497 e. The molecule has 25 heavy (non-hydrogen) atoms. The summed E-state index contributed by atoms with van der Waals surface area (Å²) in [4.78, 5) is 23.4. The normalized spacial score (nSPS) is 10.5. The number of hydrogen-bond donors (Lipinski definition) is 1. The second kappa shape index (κ2) is 7.00. The lowest BCUT2D eigenvalue weighted by Gasteiger charge is -2.03. The zero-order chi connectivity index (χ0) is 17.8. The zero-order valence-electron chi connectivity index (χ0n) is 13.7. The van der Waals surface area contributed by atoms with Gasteiger partial charge in [0, 0.05) is 24.7 Å². The van der Waals surface area contributed by atoms with Crippen LogP contribution in [-0.4, -0.2) is 28.0 Å². The third kappa shape index (κ3) is 3.74. The zero-order valence-corrected chi connectivity index (χ0v) is 13.7. The Morgan fingerprint density at radius 3 is 2.88 bits per heavy atom. The summed E-state index contributed by atoms with van der Waals surface area (Å²) in [5.74, 6) is 0.884. The van der Waals surface area contributed by atoms with Crippen molar-refractivity contribution in [2.24, 2.45) is 7.05 Å². The van der Waals surface area contributed by atoms with Gasteiger partial charge in [0.1, 0.15) is 17.1 Å². The van der Waals surface area contributed by atoms with E-state index in [-0.39, 0.29) is 17.8 Å². The molecule has 1 aromatic carbocycles. The summed E-state index contributed by atoms with van der Waals surface area (Å²) >= 11 is 0. The standard InChI is InChI=1S/C17H16N4O4/c1-21-16(22)7-6-14(19-21)17(23)18-10-12-9-15(25-20-12)11-4-3-5-13(8-11)24-2/h3-9H,10H2,1-2H3,(H,18,23). The molecular formula is C17H16N4O4. The van der Waals surface area contributed by atoms with E-state index in [0.29, 0.717) is 17.2 Å². The van der Waals surface area contributed by atoms with Crippen LogP contribution in [0.3, 0.4) is 0 Å². The third-order valence-electron chi connectivity index (χ3n) is 3.54. The van der Waals surface area contributed by atoms with E-state index in [0.717, 1.165) is 10.2 Å². The Morgan fingerprint density at radius 1 is 1.28 bits per heavy atom. The Labute approximate surface area is 143 Å². The minimum Gasteiger partial charge on any atom is -0.497 e. The van der Waals surface area contributed by atoms with Gasteiger partial charge < -0.3 is 14.6 Å². The molecule has 0 radical (unpaired) electrons. The molecule has 1 N–H and O–H groups in total. The smallest absolute Gasteiger partial charge is 0.272 e. The number of aryl methyl sites for hydroxylation is 1. The highest BCUT2D eigenvalue weighted by molar-refractivity contribution is 5.91. The van der Waals surface area contributed by atoms with Gasteiger partial charge in [-0.15, -0.1) is 0 Å². The molecule has 128 valence electrons. The Balaban J connectivity index is 1.68. The molecule has 0 saturated carbocycles. The third-order valence-corrected chi connectivity index (χ3v) is 3.54. The van der Waals surface area contributed by atoms with Crippen LogP contribution in [0.25, 0.3) is 11.3 Å². The first kappa shape index (κ1) is 16.4. The molecular weight excluding hydrogens is 324 g/mol. The van der Waals surface area contributed by atoms with Gasteiger partial charge in [0.15, 0.2) is 5.76 Å². The van der Waals surface area contributed by atoms with E-state index >= 15 is 0 Å². The number of nitrogens with zero attached hydrogens (tertiary/aromatic N) is 3. The maximum Gasteiger partial charge on any atom is 0.272 e. The SMILES string of the molecule is COc1cccc(-c2cc(CNC(=O)c3ccc(=O)n(C)n3)no2)c1. The molecule has 0 aliphatic rings. The molecule has 3 aromatic rings. The molecule has 0 atom stereocenters. The van der Waals surface area contributed by atoms with Crippen molar-refractivity contribution < 1.29 is 14.1 Å². The van der Waals surface area contributed by atoms with Gasteiger partial charge in [-0.25, -0.2) is 4.68 Å². The predicted octanol–water partition coefficient (Wildman–Crippen LogP) is 1.37. The van der Waals surface area contributed by atoms with E-state index in [4.69, 9.17) is 9.26 Å². The molecule has 0 spiro atoms. The minimum absolute atomic E-state index is 0.151. The Morgan fingerprint density at radius 2 is 2.12 bits per heavy atom. The highest BCUT2D eigenvalue weighted by atomic mass is 16.5. The van der Waals surface area contributed by atoms with Gasteiger partial charge in [-0.2, -0.15) is 5.10 Å². The lowest BCUT2D eigenvalue weighted by Crippen LogP contribution is -2.28. The molecule has 0 unspecified atom stereocenters. The van der Waals surface area contributed by atoms with Gasteiger partial charge >= 0.3 is 0 Å². The van der Waals surface area contributed by atoms with E-state index in [1.165, 1.54) is 19.2 Å². The number of amides is 1. The number of benzene rings is 1. The minimum atomic E-state index is -0.401. The summed E-state index contributed by atoms with van der Waals surface area (Å²) in [6, 6.07) is 11.8. The van der Waals surface area contributed by atoms with Crippen molar-refractivity contribution in [3.8, 4) is 17.1 Å². The van der Waals surface area contributed by atoms with Gasteiger partial charge in [-0.1, -0.05) is 17.3 Å². The predicted molar refractivity (Wildman–Crippen MR) is 89.1 cm³/mol. The van der Waals surface area contributed by atoms with Crippen LogP contribution < -0.4 is 15.6 Å². The van der Waals surface area contributed by atoms with Crippen LogP contribution in [0.15, 0.2) is 51.8 Å². The summed E-state index contributed by atoms with van der Waals surface area (Å²) in [5.41, 5.74) is 1.26. The van der Waals surface area contributed by atoms with Crippen LogP contribution in [0.2, 0.25) is 0 Å². The summed E-state index contributed by atoms with van der Waals surface area (Å²) in [7, 11) is 3.07. The maximum atomic E-state index is 12.1. The molecule has 0 saturated heterocycles. The van der Waals surface area contributed by atoms with Crippen LogP contribution in [0.5, 0.6) is 5.75 Å². The lowest BCUT2D eigenvalue weighted by atomic mass is 10.1. The second-order valence-electron chi connectivity index (χ2n) is 5.28. The van der Waals surface area contributed by atoms with E-state index in [2.05, 4.69) is 15.6 Å². The lowest BCUT2D eigenvalue weighted by molar-refractivity contribution is 0.0942. The topological polar surface area (TPSA) is 99.2 Å². The van der Waals surface area contributed by atoms with Crippen molar-refractivity contribution in [1.82, 2.24) is 20.3 Å². The van der Waals surface area contributed by atoms with E-state index in [1.54, 1.807) is 13.2 Å². The van der Waals surface area contributed by atoms with Crippen LogP contribution in [0.1, 0.15) is 16.2 Å². The van der Waals surface area contributed by atoms with Crippen LogP contribution in [-0.2, 0) is 13.6 Å². The monoisotopic (exact) mass is 340 g/mol. The van der Waals surface area contributed by atoms with Crippen molar-refractivity contribution in [1.29, 1.82) is 0 Å². The average molecular weight is 340 g/mol. The molecule has 8 heteroatoms. The van der Waals surface area contributed by atoms with E-state index in [9.17, 15) is 9.59 Å². The fourth-order valence-electron chi connectivity index (χ4n) is 2.19. The molecule has 0 aliphatic carbocycles. The number of carbonyl (C=O) groups excluding carboxylic acids is 1. The van der Waals surface area contributed by atoms with E-state index in [1.807, 2.05) is 24.3 Å². The summed E-state index contributed by atoms with van der Waals surface area (Å²) < 4.78 is 11.6. The molecule has 8 nitrogen and oxygen atoms in total. The highest BCUT2D eigenvalue weighted by Gasteiger charge is 2.11. The van der Waals surface area contributed by atoms with Crippen LogP contribution in [0.4, 0.5) is 0 Å². The van der Waals surface area contributed by atoms with Crippen molar-refractivity contribution in [2.45, 2.75) is 6.54 Å². The van der Waals surface area contributed by atoms with Gasteiger partial charge in [-0.3, -0.25) is 9.59 Å². The number of carbonyl (C=O) groups is 1. The molecule has 0 fully saturated rings. The second-order valence-corrected chi connectivity index (χ2v) is 5.28. The Hall–Kier alpha value is -3.42. The number of rotatable bonds is 5. The number of ether oxygens (including phenoxy) is 1. The molecule has 0 bridgehead atoms. The quantitative estimate of drug-likeness (QED) is 0.753. The first-order valence-corrected chi connectivity index (χ1v) is 7.49. The van der Waals surface area contributed by atoms with Gasteiger partial charge in [0.2, 0.25) is 0 Å². The average Bonchev–Trinajstić information content (AvgIpc) is 3.11. The number of nitrogens with one attached hydrogen (secondary N) is 1. The van der Waals surface area contributed by atoms with E-state index < -0.39 is 5.91 Å². The molecule has 1 amide bonds. The number of hydrogen-bond acceptors (Lipinski definition) is 6. The van der Waals surface area contributed by atoms with Gasteiger partial charge in [0.05, 0.1) is 13.7 Å². The summed E-state index contributed by atoms with van der Waals surface area (Å²) in [6.45, 7) is 0.177. The number of aromatic nitrogens is 3. The van der Waals surface area contributed by atoms with Crippen LogP contribution >= 0.6 is 0 Å². The van der Waals surface area contributed by atoms with Crippen molar-refractivity contribution in [3.63, 3.8) is 0 Å². The molecule has 3 rings (SSSR count).